The lowest BCUT2D eigenvalue weighted by Gasteiger charge is -2.32. The highest BCUT2D eigenvalue weighted by atomic mass is 16.3. The lowest BCUT2D eigenvalue weighted by Crippen LogP contribution is -2.54. The summed E-state index contributed by atoms with van der Waals surface area (Å²) in [6, 6.07) is 7.45. The van der Waals surface area contributed by atoms with Crippen LogP contribution in [0.2, 0.25) is 0 Å². The Labute approximate surface area is 127 Å². The van der Waals surface area contributed by atoms with Gasteiger partial charge in [-0.15, -0.1) is 0 Å². The molecule has 0 radical (unpaired) electrons. The standard InChI is InChI=1S/C17H27NO3/c1-5-10-17(11-19,12-20)18-15(21)13-8-6-7-9-14(13)16(2,3)4/h6-9,19-20H,5,10-12H2,1-4H3,(H,18,21). The van der Waals surface area contributed by atoms with Crippen LogP contribution in [0.4, 0.5) is 0 Å². The van der Waals surface area contributed by atoms with Crippen LogP contribution in [-0.4, -0.2) is 34.9 Å². The van der Waals surface area contributed by atoms with Crippen LogP contribution in [0.15, 0.2) is 24.3 Å². The fraction of sp³-hybridized carbons (Fsp3) is 0.588. The average Bonchev–Trinajstić information content (AvgIpc) is 2.45. The van der Waals surface area contributed by atoms with Crippen LogP contribution in [0.1, 0.15) is 56.5 Å². The van der Waals surface area contributed by atoms with Crippen LogP contribution >= 0.6 is 0 Å². The van der Waals surface area contributed by atoms with Gasteiger partial charge in [0.25, 0.3) is 5.91 Å². The van der Waals surface area contributed by atoms with Crippen molar-refractivity contribution in [1.29, 1.82) is 0 Å². The normalized spacial score (nSPS) is 12.3. The Morgan fingerprint density at radius 1 is 1.14 bits per heavy atom. The minimum absolute atomic E-state index is 0.153. The molecule has 0 heterocycles. The van der Waals surface area contributed by atoms with E-state index >= 15 is 0 Å². The number of aliphatic hydroxyl groups excluding tert-OH is 2. The van der Waals surface area contributed by atoms with E-state index in [4.69, 9.17) is 0 Å². The number of hydrogen-bond acceptors (Lipinski definition) is 3. The number of rotatable bonds is 6. The van der Waals surface area contributed by atoms with Gasteiger partial charge in [0.15, 0.2) is 0 Å². The summed E-state index contributed by atoms with van der Waals surface area (Å²) in [7, 11) is 0. The molecule has 0 saturated heterocycles. The molecule has 4 nitrogen and oxygen atoms in total. The van der Waals surface area contributed by atoms with Gasteiger partial charge >= 0.3 is 0 Å². The molecule has 1 aromatic carbocycles. The van der Waals surface area contributed by atoms with Crippen LogP contribution in [-0.2, 0) is 5.41 Å². The SMILES string of the molecule is CCCC(CO)(CO)NC(=O)c1ccccc1C(C)(C)C. The zero-order valence-electron chi connectivity index (χ0n) is 13.4. The zero-order chi connectivity index (χ0) is 16.1. The molecule has 118 valence electrons. The van der Waals surface area contributed by atoms with Crippen LogP contribution in [0, 0.1) is 0 Å². The molecule has 1 amide bonds. The zero-order valence-corrected chi connectivity index (χ0v) is 13.4. The molecule has 0 aliphatic heterocycles. The van der Waals surface area contributed by atoms with Gasteiger partial charge < -0.3 is 15.5 Å². The number of carbonyl (C=O) groups is 1. The molecule has 0 fully saturated rings. The highest BCUT2D eigenvalue weighted by Crippen LogP contribution is 2.26. The molecule has 0 spiro atoms. The smallest absolute Gasteiger partial charge is 0.252 e. The first kappa shape index (κ1) is 17.7. The topological polar surface area (TPSA) is 69.6 Å². The van der Waals surface area contributed by atoms with Crippen molar-refractivity contribution in [3.05, 3.63) is 35.4 Å². The maximum Gasteiger partial charge on any atom is 0.252 e. The molecular formula is C17H27NO3. The molecule has 1 rings (SSSR count). The molecule has 0 unspecified atom stereocenters. The Balaban J connectivity index is 3.10. The van der Waals surface area contributed by atoms with E-state index in [-0.39, 0.29) is 24.5 Å². The first-order chi connectivity index (χ1) is 9.79. The van der Waals surface area contributed by atoms with Gasteiger partial charge in [-0.05, 0) is 23.5 Å². The third-order valence-electron chi connectivity index (χ3n) is 3.69. The van der Waals surface area contributed by atoms with Crippen molar-refractivity contribution < 1.29 is 15.0 Å². The Bertz CT molecular complexity index is 473. The molecule has 3 N–H and O–H groups in total. The summed E-state index contributed by atoms with van der Waals surface area (Å²) in [5.41, 5.74) is 0.424. The van der Waals surface area contributed by atoms with E-state index in [1.54, 1.807) is 6.07 Å². The number of benzene rings is 1. The molecule has 0 atom stereocenters. The predicted octanol–water partition coefficient (Wildman–Crippen LogP) is 2.24. The first-order valence-corrected chi connectivity index (χ1v) is 7.43. The number of nitrogens with one attached hydrogen (secondary N) is 1. The number of carbonyl (C=O) groups excluding carboxylic acids is 1. The highest BCUT2D eigenvalue weighted by Gasteiger charge is 2.31. The molecule has 0 saturated carbocycles. The van der Waals surface area contributed by atoms with Crippen LogP contribution in [0.5, 0.6) is 0 Å². The summed E-state index contributed by atoms with van der Waals surface area (Å²) in [4.78, 5) is 12.6. The number of amides is 1. The summed E-state index contributed by atoms with van der Waals surface area (Å²) in [5.74, 6) is -0.253. The predicted molar refractivity (Wildman–Crippen MR) is 84.4 cm³/mol. The second kappa shape index (κ2) is 7.05. The fourth-order valence-electron chi connectivity index (χ4n) is 2.47. The van der Waals surface area contributed by atoms with Gasteiger partial charge in [-0.1, -0.05) is 52.3 Å². The molecule has 21 heavy (non-hydrogen) atoms. The number of aliphatic hydroxyl groups is 2. The molecule has 0 aliphatic carbocycles. The summed E-state index contributed by atoms with van der Waals surface area (Å²) in [6.07, 6.45) is 1.30. The van der Waals surface area contributed by atoms with E-state index in [1.165, 1.54) is 0 Å². The monoisotopic (exact) mass is 293 g/mol. The van der Waals surface area contributed by atoms with Gasteiger partial charge in [0, 0.05) is 5.56 Å². The summed E-state index contributed by atoms with van der Waals surface area (Å²) in [5, 5.41) is 21.9. The molecule has 0 aliphatic rings. The van der Waals surface area contributed by atoms with Crippen molar-refractivity contribution >= 4 is 5.91 Å². The summed E-state index contributed by atoms with van der Waals surface area (Å²) >= 11 is 0. The Hall–Kier alpha value is -1.39. The van der Waals surface area contributed by atoms with Gasteiger partial charge in [-0.2, -0.15) is 0 Å². The van der Waals surface area contributed by atoms with Crippen LogP contribution in [0.25, 0.3) is 0 Å². The highest BCUT2D eigenvalue weighted by molar-refractivity contribution is 5.96. The summed E-state index contributed by atoms with van der Waals surface area (Å²) < 4.78 is 0. The average molecular weight is 293 g/mol. The lowest BCUT2D eigenvalue weighted by atomic mass is 9.83. The molecule has 0 bridgehead atoms. The van der Waals surface area contributed by atoms with Crippen molar-refractivity contribution in [2.75, 3.05) is 13.2 Å². The molecule has 1 aromatic rings. The maximum absolute atomic E-state index is 12.6. The van der Waals surface area contributed by atoms with Crippen molar-refractivity contribution in [3.8, 4) is 0 Å². The quantitative estimate of drug-likeness (QED) is 0.753. The summed E-state index contributed by atoms with van der Waals surface area (Å²) in [6.45, 7) is 7.56. The van der Waals surface area contributed by atoms with Crippen molar-refractivity contribution in [2.45, 2.75) is 51.5 Å². The second-order valence-electron chi connectivity index (χ2n) is 6.60. The maximum atomic E-state index is 12.6. The minimum Gasteiger partial charge on any atom is -0.394 e. The van der Waals surface area contributed by atoms with E-state index < -0.39 is 5.54 Å². The van der Waals surface area contributed by atoms with Crippen molar-refractivity contribution in [2.24, 2.45) is 0 Å². The van der Waals surface area contributed by atoms with E-state index in [0.717, 1.165) is 12.0 Å². The van der Waals surface area contributed by atoms with E-state index in [1.807, 2.05) is 25.1 Å². The Morgan fingerprint density at radius 2 is 1.71 bits per heavy atom. The van der Waals surface area contributed by atoms with Gasteiger partial charge in [0.05, 0.1) is 18.8 Å². The van der Waals surface area contributed by atoms with Gasteiger partial charge in [-0.25, -0.2) is 0 Å². The van der Waals surface area contributed by atoms with Crippen molar-refractivity contribution in [3.63, 3.8) is 0 Å². The minimum atomic E-state index is -0.961. The first-order valence-electron chi connectivity index (χ1n) is 7.43. The third-order valence-corrected chi connectivity index (χ3v) is 3.69. The second-order valence-corrected chi connectivity index (χ2v) is 6.60. The Morgan fingerprint density at radius 3 is 2.19 bits per heavy atom. The molecular weight excluding hydrogens is 266 g/mol. The van der Waals surface area contributed by atoms with Gasteiger partial charge in [-0.3, -0.25) is 4.79 Å². The largest absolute Gasteiger partial charge is 0.394 e. The lowest BCUT2D eigenvalue weighted by molar-refractivity contribution is 0.0630. The number of hydrogen-bond donors (Lipinski definition) is 3. The fourth-order valence-corrected chi connectivity index (χ4v) is 2.47. The molecule has 4 heteroatoms. The van der Waals surface area contributed by atoms with E-state index in [2.05, 4.69) is 26.1 Å². The van der Waals surface area contributed by atoms with Gasteiger partial charge in [0.1, 0.15) is 0 Å². The van der Waals surface area contributed by atoms with Crippen molar-refractivity contribution in [1.82, 2.24) is 5.32 Å². The third kappa shape index (κ3) is 4.29. The Kier molecular flexibility index (Phi) is 5.93. The van der Waals surface area contributed by atoms with Crippen LogP contribution in [0.3, 0.4) is 0 Å². The van der Waals surface area contributed by atoms with Gasteiger partial charge in [0.2, 0.25) is 0 Å². The van der Waals surface area contributed by atoms with E-state index in [0.29, 0.717) is 12.0 Å². The molecule has 0 aromatic heterocycles. The van der Waals surface area contributed by atoms with E-state index in [9.17, 15) is 15.0 Å². The van der Waals surface area contributed by atoms with Crippen LogP contribution < -0.4 is 5.32 Å².